The number of halogens is 1. The van der Waals surface area contributed by atoms with E-state index in [1.165, 1.54) is 32.4 Å². The molecule has 1 aliphatic heterocycles. The second-order valence-corrected chi connectivity index (χ2v) is 3.45. The Balaban J connectivity index is 2.26. The minimum atomic E-state index is 0.505. The van der Waals surface area contributed by atoms with Crippen LogP contribution < -0.4 is 0 Å². The van der Waals surface area contributed by atoms with Gasteiger partial charge in [0.05, 0.1) is 6.10 Å². The van der Waals surface area contributed by atoms with Crippen LogP contribution in [0.2, 0.25) is 0 Å². The zero-order valence-electron chi connectivity index (χ0n) is 6.35. The van der Waals surface area contributed by atoms with Gasteiger partial charge in [-0.1, -0.05) is 0 Å². The molecule has 0 radical (unpaired) electrons. The molecule has 2 nitrogen and oxygen atoms in total. The number of hydrogen-bond donors (Lipinski definition) is 0. The maximum atomic E-state index is 5.26. The van der Waals surface area contributed by atoms with E-state index in [0.29, 0.717) is 6.10 Å². The highest BCUT2D eigenvalue weighted by Crippen LogP contribution is 2.14. The molecule has 1 saturated heterocycles. The maximum Gasteiger partial charge on any atom is 0.110 e. The minimum Gasteiger partial charge on any atom is -0.312 e. The van der Waals surface area contributed by atoms with Crippen molar-refractivity contribution < 1.29 is 3.07 Å². The monoisotopic (exact) mass is 255 g/mol. The first-order valence-electron chi connectivity index (χ1n) is 3.79. The van der Waals surface area contributed by atoms with E-state index in [1.807, 2.05) is 23.0 Å². The van der Waals surface area contributed by atoms with Crippen LogP contribution in [0.3, 0.4) is 0 Å². The Hall–Kier alpha value is 0.650. The summed E-state index contributed by atoms with van der Waals surface area (Å²) in [7, 11) is 2.18. The molecule has 1 fully saturated rings. The molecule has 60 valence electrons. The van der Waals surface area contributed by atoms with Gasteiger partial charge < -0.3 is 7.97 Å². The highest BCUT2D eigenvalue weighted by molar-refractivity contribution is 14.1. The number of hydrogen-bond acceptors (Lipinski definition) is 2. The summed E-state index contributed by atoms with van der Waals surface area (Å²) in [5, 5.41) is 0. The second-order valence-electron chi connectivity index (χ2n) is 2.95. The smallest absolute Gasteiger partial charge is 0.110 e. The maximum absolute atomic E-state index is 5.26. The van der Waals surface area contributed by atoms with Gasteiger partial charge in [-0.05, 0) is 32.9 Å². The van der Waals surface area contributed by atoms with Gasteiger partial charge in [0, 0.05) is 6.54 Å². The summed E-state index contributed by atoms with van der Waals surface area (Å²) < 4.78 is 5.26. The van der Waals surface area contributed by atoms with Gasteiger partial charge in [-0.3, -0.25) is 0 Å². The van der Waals surface area contributed by atoms with Gasteiger partial charge in [0.2, 0.25) is 0 Å². The van der Waals surface area contributed by atoms with Crippen molar-refractivity contribution in [3.63, 3.8) is 0 Å². The zero-order chi connectivity index (χ0) is 7.40. The quantitative estimate of drug-likeness (QED) is 0.663. The first-order valence-corrected chi connectivity index (χ1v) is 4.67. The Kier molecular flexibility index (Phi) is 3.95. The third kappa shape index (κ3) is 2.72. The van der Waals surface area contributed by atoms with Crippen molar-refractivity contribution in [2.24, 2.45) is 0 Å². The summed E-state index contributed by atoms with van der Waals surface area (Å²) in [4.78, 5) is 2.37. The lowest BCUT2D eigenvalue weighted by atomic mass is 10.2. The third-order valence-corrected chi connectivity index (χ3v) is 2.74. The summed E-state index contributed by atoms with van der Waals surface area (Å²) >= 11 is 2.01. The highest BCUT2D eigenvalue weighted by Gasteiger charge is 2.13. The standard InChI is InChI=1S/C7H14INO/c1-9-5-2-3-7(10-8)4-6-9/h7H,2-6H2,1H3. The van der Waals surface area contributed by atoms with E-state index in [0.717, 1.165) is 0 Å². The van der Waals surface area contributed by atoms with Crippen molar-refractivity contribution in [2.75, 3.05) is 20.1 Å². The highest BCUT2D eigenvalue weighted by atomic mass is 127. The van der Waals surface area contributed by atoms with E-state index >= 15 is 0 Å². The molecule has 0 aromatic rings. The lowest BCUT2D eigenvalue weighted by Crippen LogP contribution is -2.19. The van der Waals surface area contributed by atoms with E-state index in [4.69, 9.17) is 3.07 Å². The fourth-order valence-electron chi connectivity index (χ4n) is 1.30. The molecule has 0 aromatic carbocycles. The molecule has 1 aliphatic rings. The summed E-state index contributed by atoms with van der Waals surface area (Å²) in [5.74, 6) is 0. The van der Waals surface area contributed by atoms with Gasteiger partial charge in [0.1, 0.15) is 23.0 Å². The van der Waals surface area contributed by atoms with E-state index < -0.39 is 0 Å². The molecule has 1 heterocycles. The van der Waals surface area contributed by atoms with Crippen LogP contribution in [0.1, 0.15) is 19.3 Å². The molecule has 0 amide bonds. The average molecular weight is 255 g/mol. The van der Waals surface area contributed by atoms with Crippen molar-refractivity contribution in [1.29, 1.82) is 0 Å². The molecule has 0 aromatic heterocycles. The largest absolute Gasteiger partial charge is 0.312 e. The van der Waals surface area contributed by atoms with E-state index in [9.17, 15) is 0 Å². The molecule has 1 rings (SSSR count). The molecule has 0 N–H and O–H groups in total. The van der Waals surface area contributed by atoms with Gasteiger partial charge in [0.25, 0.3) is 0 Å². The third-order valence-electron chi connectivity index (χ3n) is 2.02. The molecule has 3 heteroatoms. The van der Waals surface area contributed by atoms with Gasteiger partial charge in [-0.2, -0.15) is 0 Å². The SMILES string of the molecule is CN1CCCC(OI)CC1. The normalized spacial score (nSPS) is 30.0. The van der Waals surface area contributed by atoms with Gasteiger partial charge >= 0.3 is 0 Å². The number of rotatable bonds is 1. The summed E-state index contributed by atoms with van der Waals surface area (Å²) in [6.07, 6.45) is 4.21. The Bertz CT molecular complexity index is 99.6. The lowest BCUT2D eigenvalue weighted by molar-refractivity contribution is 0.252. The van der Waals surface area contributed by atoms with Crippen molar-refractivity contribution in [2.45, 2.75) is 25.4 Å². The van der Waals surface area contributed by atoms with Crippen LogP contribution in [0.15, 0.2) is 0 Å². The molecule has 0 spiro atoms. The van der Waals surface area contributed by atoms with Crippen molar-refractivity contribution in [3.05, 3.63) is 0 Å². The van der Waals surface area contributed by atoms with Crippen LogP contribution >= 0.6 is 23.0 Å². The predicted octanol–water partition coefficient (Wildman–Crippen LogP) is 1.84. The van der Waals surface area contributed by atoms with Crippen LogP contribution in [0.5, 0.6) is 0 Å². The summed E-state index contributed by atoms with van der Waals surface area (Å²) in [5.41, 5.74) is 0. The van der Waals surface area contributed by atoms with E-state index in [1.54, 1.807) is 0 Å². The van der Waals surface area contributed by atoms with Crippen LogP contribution in [0.4, 0.5) is 0 Å². The Morgan fingerprint density at radius 2 is 2.20 bits per heavy atom. The van der Waals surface area contributed by atoms with Gasteiger partial charge in [0.15, 0.2) is 0 Å². The average Bonchev–Trinajstić information content (AvgIpc) is 2.14. The Morgan fingerprint density at radius 1 is 1.40 bits per heavy atom. The Morgan fingerprint density at radius 3 is 2.90 bits per heavy atom. The van der Waals surface area contributed by atoms with Crippen molar-refractivity contribution >= 4 is 23.0 Å². The van der Waals surface area contributed by atoms with Crippen LogP contribution in [0.25, 0.3) is 0 Å². The number of nitrogens with zero attached hydrogens (tertiary/aromatic N) is 1. The summed E-state index contributed by atoms with van der Waals surface area (Å²) in [6.45, 7) is 2.42. The van der Waals surface area contributed by atoms with E-state index in [-0.39, 0.29) is 0 Å². The molecule has 1 atom stereocenters. The number of likely N-dealkylation sites (tertiary alicyclic amines) is 1. The van der Waals surface area contributed by atoms with E-state index in [2.05, 4.69) is 11.9 Å². The van der Waals surface area contributed by atoms with Crippen molar-refractivity contribution in [1.82, 2.24) is 4.90 Å². The molecule has 10 heavy (non-hydrogen) atoms. The van der Waals surface area contributed by atoms with Gasteiger partial charge in [-0.25, -0.2) is 0 Å². The lowest BCUT2D eigenvalue weighted by Gasteiger charge is -2.11. The topological polar surface area (TPSA) is 12.5 Å². The first-order chi connectivity index (χ1) is 4.83. The summed E-state index contributed by atoms with van der Waals surface area (Å²) in [6, 6.07) is 0. The fourth-order valence-corrected chi connectivity index (χ4v) is 1.81. The molecule has 0 bridgehead atoms. The Labute approximate surface area is 76.6 Å². The van der Waals surface area contributed by atoms with Crippen LogP contribution in [-0.4, -0.2) is 31.1 Å². The van der Waals surface area contributed by atoms with Crippen molar-refractivity contribution in [3.8, 4) is 0 Å². The minimum absolute atomic E-state index is 0.505. The molecular formula is C7H14INO. The van der Waals surface area contributed by atoms with Crippen LogP contribution in [0, 0.1) is 0 Å². The first kappa shape index (κ1) is 8.74. The molecule has 0 saturated carbocycles. The zero-order valence-corrected chi connectivity index (χ0v) is 8.50. The molecular weight excluding hydrogens is 241 g/mol. The van der Waals surface area contributed by atoms with Crippen LogP contribution in [-0.2, 0) is 3.07 Å². The second kappa shape index (κ2) is 4.51. The molecule has 0 aliphatic carbocycles. The predicted molar refractivity (Wildman–Crippen MR) is 50.2 cm³/mol. The van der Waals surface area contributed by atoms with Gasteiger partial charge in [-0.15, -0.1) is 0 Å². The fraction of sp³-hybridized carbons (Fsp3) is 1.00. The molecule has 1 unspecified atom stereocenters.